The molecule has 0 amide bonds. The number of rotatable bonds is 7. The smallest absolute Gasteiger partial charge is 0.159 e. The van der Waals surface area contributed by atoms with E-state index >= 15 is 0 Å². The molecule has 1 saturated heterocycles. The van der Waals surface area contributed by atoms with E-state index < -0.39 is 0 Å². The van der Waals surface area contributed by atoms with Gasteiger partial charge in [-0.25, -0.2) is 4.39 Å². The molecule has 0 radical (unpaired) electrons. The highest BCUT2D eigenvalue weighted by Crippen LogP contribution is 2.32. The van der Waals surface area contributed by atoms with Crippen molar-refractivity contribution in [1.82, 2.24) is 25.3 Å². The van der Waals surface area contributed by atoms with Crippen LogP contribution in [-0.4, -0.2) is 45.7 Å². The van der Waals surface area contributed by atoms with Crippen LogP contribution in [0.5, 0.6) is 0 Å². The number of benzene rings is 1. The molecule has 0 saturated carbocycles. The molecule has 33 heavy (non-hydrogen) atoms. The van der Waals surface area contributed by atoms with Crippen molar-refractivity contribution in [2.24, 2.45) is 7.05 Å². The van der Waals surface area contributed by atoms with E-state index in [9.17, 15) is 4.39 Å². The number of nitrogens with zero attached hydrogens (tertiary/aromatic N) is 5. The van der Waals surface area contributed by atoms with Crippen molar-refractivity contribution in [2.45, 2.75) is 25.8 Å². The Bertz CT molecular complexity index is 1200. The van der Waals surface area contributed by atoms with Gasteiger partial charge in [0.25, 0.3) is 0 Å². The Labute approximate surface area is 198 Å². The molecule has 0 atom stereocenters. The maximum absolute atomic E-state index is 13.1. The third-order valence-corrected chi connectivity index (χ3v) is 6.21. The number of anilines is 1. The molecule has 3 heterocycles. The minimum Gasteiger partial charge on any atom is -0.354 e. The largest absolute Gasteiger partial charge is 0.354 e. The van der Waals surface area contributed by atoms with Crippen molar-refractivity contribution in [3.63, 3.8) is 0 Å². The Kier molecular flexibility index (Phi) is 7.20. The number of fused-ring (bicyclic) bond motifs is 1. The topological polar surface area (TPSA) is 58.9 Å². The van der Waals surface area contributed by atoms with Crippen LogP contribution in [0.4, 0.5) is 10.2 Å². The molecule has 0 unspecified atom stereocenters. The first-order valence-corrected chi connectivity index (χ1v) is 11.4. The summed E-state index contributed by atoms with van der Waals surface area (Å²) in [6.07, 6.45) is 6.77. The summed E-state index contributed by atoms with van der Waals surface area (Å²) in [5.74, 6) is 0.648. The first kappa shape index (κ1) is 23.1. The number of aromatic nitrogens is 4. The second-order valence-corrected chi connectivity index (χ2v) is 8.71. The number of allylic oxidation sites excluding steroid dienone is 3. The average Bonchev–Trinajstić information content (AvgIpc) is 3.24. The van der Waals surface area contributed by atoms with Crippen LogP contribution < -0.4 is 10.2 Å². The molecule has 1 aliphatic heterocycles. The van der Waals surface area contributed by atoms with Gasteiger partial charge in [-0.3, -0.25) is 4.68 Å². The molecule has 8 heteroatoms. The number of hydrogen-bond donors (Lipinski definition) is 1. The van der Waals surface area contributed by atoms with Gasteiger partial charge in [0.15, 0.2) is 5.82 Å². The van der Waals surface area contributed by atoms with E-state index in [1.54, 1.807) is 12.3 Å². The molecule has 1 aromatic carbocycles. The Morgan fingerprint density at radius 1 is 1.18 bits per heavy atom. The van der Waals surface area contributed by atoms with E-state index in [0.717, 1.165) is 59.5 Å². The van der Waals surface area contributed by atoms with E-state index in [0.29, 0.717) is 17.6 Å². The van der Waals surface area contributed by atoms with Gasteiger partial charge >= 0.3 is 0 Å². The summed E-state index contributed by atoms with van der Waals surface area (Å²) in [6.45, 7) is 7.48. The molecule has 172 valence electrons. The molecular weight excluding hydrogens is 439 g/mol. The zero-order valence-corrected chi connectivity index (χ0v) is 19.7. The van der Waals surface area contributed by atoms with Gasteiger partial charge in [0, 0.05) is 54.7 Å². The van der Waals surface area contributed by atoms with Crippen LogP contribution in [0.1, 0.15) is 19.8 Å². The van der Waals surface area contributed by atoms with Crippen LogP contribution >= 0.6 is 11.6 Å². The zero-order chi connectivity index (χ0) is 23.4. The van der Waals surface area contributed by atoms with Gasteiger partial charge in [0.1, 0.15) is 5.69 Å². The average molecular weight is 467 g/mol. The SMILES string of the molecule is C=C(Cl)C(=CC=C(C)F)CNC1CCN(c2nnc(-c3ccnn3C)c3ccccc23)CC1. The van der Waals surface area contributed by atoms with Crippen LogP contribution in [0.3, 0.4) is 0 Å². The first-order valence-electron chi connectivity index (χ1n) is 11.0. The Hall–Kier alpha value is -3.03. The van der Waals surface area contributed by atoms with E-state index in [1.807, 2.05) is 29.9 Å². The van der Waals surface area contributed by atoms with Crippen molar-refractivity contribution in [3.05, 3.63) is 71.7 Å². The van der Waals surface area contributed by atoms with Crippen molar-refractivity contribution in [1.29, 1.82) is 0 Å². The molecular formula is C25H28ClFN6. The van der Waals surface area contributed by atoms with Crippen molar-refractivity contribution in [2.75, 3.05) is 24.5 Å². The van der Waals surface area contributed by atoms with Gasteiger partial charge in [0.2, 0.25) is 0 Å². The highest BCUT2D eigenvalue weighted by molar-refractivity contribution is 6.31. The molecule has 6 nitrogen and oxygen atoms in total. The second-order valence-electron chi connectivity index (χ2n) is 8.25. The van der Waals surface area contributed by atoms with Crippen LogP contribution in [0.25, 0.3) is 22.2 Å². The maximum Gasteiger partial charge on any atom is 0.159 e. The van der Waals surface area contributed by atoms with E-state index in [1.165, 1.54) is 13.0 Å². The molecule has 1 aliphatic rings. The van der Waals surface area contributed by atoms with Gasteiger partial charge in [-0.2, -0.15) is 5.10 Å². The third kappa shape index (κ3) is 5.31. The number of piperidine rings is 1. The first-order chi connectivity index (χ1) is 15.9. The summed E-state index contributed by atoms with van der Waals surface area (Å²) >= 11 is 6.08. The molecule has 4 rings (SSSR count). The summed E-state index contributed by atoms with van der Waals surface area (Å²) in [5.41, 5.74) is 2.57. The quantitative estimate of drug-likeness (QED) is 0.488. The fraction of sp³-hybridized carbons (Fsp3) is 0.320. The van der Waals surface area contributed by atoms with Crippen molar-refractivity contribution >= 4 is 28.2 Å². The summed E-state index contributed by atoms with van der Waals surface area (Å²) in [7, 11) is 1.91. The fourth-order valence-electron chi connectivity index (χ4n) is 4.13. The Balaban J connectivity index is 1.47. The minimum absolute atomic E-state index is 0.263. The maximum atomic E-state index is 13.1. The van der Waals surface area contributed by atoms with Gasteiger partial charge in [-0.15, -0.1) is 10.2 Å². The van der Waals surface area contributed by atoms with Gasteiger partial charge < -0.3 is 10.2 Å². The van der Waals surface area contributed by atoms with Crippen LogP contribution in [0.2, 0.25) is 0 Å². The molecule has 0 bridgehead atoms. The molecule has 2 aromatic heterocycles. The van der Waals surface area contributed by atoms with Gasteiger partial charge in [0.05, 0.1) is 11.5 Å². The normalized spacial score (nSPS) is 15.9. The number of nitrogens with one attached hydrogen (secondary N) is 1. The van der Waals surface area contributed by atoms with Gasteiger partial charge in [-0.05, 0) is 37.5 Å². The number of aryl methyl sites for hydroxylation is 1. The zero-order valence-electron chi connectivity index (χ0n) is 18.9. The molecule has 0 spiro atoms. The molecule has 3 aromatic rings. The Morgan fingerprint density at radius 3 is 2.55 bits per heavy atom. The summed E-state index contributed by atoms with van der Waals surface area (Å²) < 4.78 is 14.9. The molecule has 0 aliphatic carbocycles. The minimum atomic E-state index is -0.263. The lowest BCUT2D eigenvalue weighted by molar-refractivity contribution is 0.426. The van der Waals surface area contributed by atoms with E-state index in [4.69, 9.17) is 11.6 Å². The monoisotopic (exact) mass is 466 g/mol. The standard InChI is InChI=1S/C25H28ClFN6/c1-17(27)8-9-19(18(2)26)16-28-20-11-14-33(15-12-20)25-22-7-5-4-6-21(22)24(30-31-25)23-10-13-29-32(23)3/h4-10,13,20,28H,2,11-12,14-16H2,1,3H3. The highest BCUT2D eigenvalue weighted by Gasteiger charge is 2.23. The van der Waals surface area contributed by atoms with Gasteiger partial charge in [-0.1, -0.05) is 48.5 Å². The summed E-state index contributed by atoms with van der Waals surface area (Å²) in [6, 6.07) is 10.5. The van der Waals surface area contributed by atoms with Crippen LogP contribution in [0, 0.1) is 0 Å². The number of hydrogen-bond acceptors (Lipinski definition) is 5. The second kappa shape index (κ2) is 10.3. The van der Waals surface area contributed by atoms with Crippen LogP contribution in [-0.2, 0) is 7.05 Å². The number of halogens is 2. The van der Waals surface area contributed by atoms with Crippen molar-refractivity contribution < 1.29 is 4.39 Å². The molecule has 1 N–H and O–H groups in total. The lowest BCUT2D eigenvalue weighted by Gasteiger charge is -2.33. The molecule has 1 fully saturated rings. The van der Waals surface area contributed by atoms with Crippen LogP contribution in [0.15, 0.2) is 71.7 Å². The third-order valence-electron chi connectivity index (χ3n) is 5.97. The van der Waals surface area contributed by atoms with E-state index in [2.05, 4.69) is 44.2 Å². The summed E-state index contributed by atoms with van der Waals surface area (Å²) in [5, 5.41) is 19.6. The summed E-state index contributed by atoms with van der Waals surface area (Å²) in [4.78, 5) is 2.30. The lowest BCUT2D eigenvalue weighted by Crippen LogP contribution is -2.43. The highest BCUT2D eigenvalue weighted by atomic mass is 35.5. The fourth-order valence-corrected chi connectivity index (χ4v) is 4.26. The predicted molar refractivity (Wildman–Crippen MR) is 133 cm³/mol. The predicted octanol–water partition coefficient (Wildman–Crippen LogP) is 5.14. The lowest BCUT2D eigenvalue weighted by atomic mass is 10.0. The van der Waals surface area contributed by atoms with Crippen molar-refractivity contribution in [3.8, 4) is 11.4 Å². The van der Waals surface area contributed by atoms with E-state index in [-0.39, 0.29) is 5.83 Å². The Morgan fingerprint density at radius 2 is 1.91 bits per heavy atom.